The molecule has 21 heavy (non-hydrogen) atoms. The average molecular weight is 527 g/mol. The van der Waals surface area contributed by atoms with Crippen molar-refractivity contribution in [3.05, 3.63) is 31.8 Å². The monoisotopic (exact) mass is 527 g/mol. The third-order valence-electron chi connectivity index (χ3n) is 2.98. The fraction of sp³-hybridized carbons (Fsp3) is 0.429. The molecule has 0 saturated heterocycles. The molecular formula is C14H19I2N3OSi. The molecule has 2 heterocycles. The van der Waals surface area contributed by atoms with Gasteiger partial charge in [0.05, 0.1) is 0 Å². The zero-order valence-electron chi connectivity index (χ0n) is 12.4. The first-order valence-electron chi connectivity index (χ1n) is 6.79. The minimum Gasteiger partial charge on any atom is -0.361 e. The van der Waals surface area contributed by atoms with Crippen LogP contribution in [0, 0.1) is 7.40 Å². The Morgan fingerprint density at radius 1 is 1.24 bits per heavy atom. The van der Waals surface area contributed by atoms with Crippen LogP contribution >= 0.6 is 45.2 Å². The lowest BCUT2D eigenvalue weighted by atomic mass is 10.3. The summed E-state index contributed by atoms with van der Waals surface area (Å²) < 4.78 is 10.1. The van der Waals surface area contributed by atoms with Crippen LogP contribution in [0.1, 0.15) is 0 Å². The second kappa shape index (κ2) is 7.51. The number of aromatic nitrogens is 3. The standard InChI is InChI=1S/C14H19I2N3OSi/c1-21(2,3)9-8-20-10-19-13(16)12(15)18-14(19)11-6-4-5-7-17-11/h4-7H,8-10H2,1-3H3. The Morgan fingerprint density at radius 2 is 2.00 bits per heavy atom. The molecule has 0 aromatic carbocycles. The fourth-order valence-electron chi connectivity index (χ4n) is 1.75. The second-order valence-corrected chi connectivity index (χ2v) is 13.7. The van der Waals surface area contributed by atoms with Gasteiger partial charge in [-0.1, -0.05) is 25.7 Å². The van der Waals surface area contributed by atoms with E-state index in [0.29, 0.717) is 6.73 Å². The molecule has 2 rings (SSSR count). The SMILES string of the molecule is C[Si](C)(C)CCOCn1c(-c2ccccn2)nc(I)c1I. The fourth-order valence-corrected chi connectivity index (χ4v) is 3.51. The van der Waals surface area contributed by atoms with Gasteiger partial charge in [-0.15, -0.1) is 0 Å². The van der Waals surface area contributed by atoms with Crippen LogP contribution in [0.3, 0.4) is 0 Å². The van der Waals surface area contributed by atoms with Gasteiger partial charge in [-0.3, -0.25) is 9.55 Å². The van der Waals surface area contributed by atoms with Gasteiger partial charge in [-0.25, -0.2) is 4.98 Å². The molecule has 114 valence electrons. The molecule has 0 bridgehead atoms. The van der Waals surface area contributed by atoms with E-state index >= 15 is 0 Å². The van der Waals surface area contributed by atoms with Gasteiger partial charge in [0.15, 0.2) is 5.82 Å². The summed E-state index contributed by atoms with van der Waals surface area (Å²) in [6, 6.07) is 7.05. The smallest absolute Gasteiger partial charge is 0.162 e. The van der Waals surface area contributed by atoms with Crippen molar-refractivity contribution in [1.29, 1.82) is 0 Å². The van der Waals surface area contributed by atoms with E-state index in [1.807, 2.05) is 18.2 Å². The van der Waals surface area contributed by atoms with Crippen LogP contribution in [0.2, 0.25) is 25.7 Å². The van der Waals surface area contributed by atoms with Crippen molar-refractivity contribution in [2.24, 2.45) is 0 Å². The normalized spacial score (nSPS) is 11.9. The molecule has 0 aliphatic carbocycles. The van der Waals surface area contributed by atoms with Crippen molar-refractivity contribution in [3.8, 4) is 11.5 Å². The average Bonchev–Trinajstić information content (AvgIpc) is 2.71. The minimum absolute atomic E-state index is 0.532. The number of halogens is 2. The predicted molar refractivity (Wildman–Crippen MR) is 105 cm³/mol. The highest BCUT2D eigenvalue weighted by atomic mass is 127. The Bertz CT molecular complexity index is 596. The number of nitrogens with zero attached hydrogens (tertiary/aromatic N) is 3. The summed E-state index contributed by atoms with van der Waals surface area (Å²) >= 11 is 4.57. The molecule has 2 aromatic heterocycles. The minimum atomic E-state index is -1.05. The Labute approximate surface area is 154 Å². The summed E-state index contributed by atoms with van der Waals surface area (Å²) in [6.45, 7) is 8.42. The Hall–Kier alpha value is -0.00312. The molecule has 0 aliphatic heterocycles. The molecule has 4 nitrogen and oxygen atoms in total. The van der Waals surface area contributed by atoms with Crippen LogP contribution in [-0.2, 0) is 11.5 Å². The first-order chi connectivity index (χ1) is 9.88. The lowest BCUT2D eigenvalue weighted by Crippen LogP contribution is -2.22. The molecule has 0 unspecified atom stereocenters. The van der Waals surface area contributed by atoms with E-state index in [0.717, 1.165) is 25.5 Å². The maximum Gasteiger partial charge on any atom is 0.162 e. The molecule has 0 spiro atoms. The topological polar surface area (TPSA) is 39.9 Å². The van der Waals surface area contributed by atoms with E-state index in [2.05, 4.69) is 79.4 Å². The predicted octanol–water partition coefficient (Wildman–Crippen LogP) is 4.47. The van der Waals surface area contributed by atoms with Crippen LogP contribution in [0.4, 0.5) is 0 Å². The van der Waals surface area contributed by atoms with Gasteiger partial charge >= 0.3 is 0 Å². The second-order valence-electron chi connectivity index (χ2n) is 6.01. The zero-order chi connectivity index (χ0) is 15.5. The maximum absolute atomic E-state index is 5.87. The molecule has 0 atom stereocenters. The molecule has 7 heteroatoms. The molecule has 2 aromatic rings. The Balaban J connectivity index is 2.12. The molecule has 0 amide bonds. The maximum atomic E-state index is 5.87. The summed E-state index contributed by atoms with van der Waals surface area (Å²) in [6.07, 6.45) is 1.79. The van der Waals surface area contributed by atoms with E-state index in [1.54, 1.807) is 6.20 Å². The Morgan fingerprint density at radius 3 is 2.62 bits per heavy atom. The molecular weight excluding hydrogens is 508 g/mol. The highest BCUT2D eigenvalue weighted by molar-refractivity contribution is 14.1. The van der Waals surface area contributed by atoms with Gasteiger partial charge in [0.25, 0.3) is 0 Å². The van der Waals surface area contributed by atoms with Crippen LogP contribution in [0.25, 0.3) is 11.5 Å². The van der Waals surface area contributed by atoms with Gasteiger partial charge < -0.3 is 4.74 Å². The van der Waals surface area contributed by atoms with Crippen molar-refractivity contribution < 1.29 is 4.74 Å². The largest absolute Gasteiger partial charge is 0.361 e. The van der Waals surface area contributed by atoms with Gasteiger partial charge in [-0.2, -0.15) is 0 Å². The van der Waals surface area contributed by atoms with Crippen LogP contribution < -0.4 is 0 Å². The summed E-state index contributed by atoms with van der Waals surface area (Å²) in [5.74, 6) is 0.873. The number of pyridine rings is 1. The highest BCUT2D eigenvalue weighted by Gasteiger charge is 2.16. The van der Waals surface area contributed by atoms with Crippen LogP contribution in [0.15, 0.2) is 24.4 Å². The number of rotatable bonds is 6. The molecule has 0 N–H and O–H groups in total. The van der Waals surface area contributed by atoms with E-state index in [1.165, 1.54) is 6.04 Å². The number of ether oxygens (including phenoxy) is 1. The van der Waals surface area contributed by atoms with Gasteiger partial charge in [0.1, 0.15) is 19.8 Å². The van der Waals surface area contributed by atoms with E-state index in [4.69, 9.17) is 4.74 Å². The van der Waals surface area contributed by atoms with E-state index in [-0.39, 0.29) is 0 Å². The van der Waals surface area contributed by atoms with E-state index in [9.17, 15) is 0 Å². The number of imidazole rings is 1. The first-order valence-corrected chi connectivity index (χ1v) is 12.7. The third-order valence-corrected chi connectivity index (χ3v) is 7.56. The summed E-state index contributed by atoms with van der Waals surface area (Å²) in [4.78, 5) is 9.01. The lowest BCUT2D eigenvalue weighted by Gasteiger charge is -2.16. The molecule has 0 radical (unpaired) electrons. The molecule has 0 aliphatic rings. The molecule has 0 saturated carbocycles. The van der Waals surface area contributed by atoms with Gasteiger partial charge in [0, 0.05) is 20.9 Å². The molecule has 0 fully saturated rings. The van der Waals surface area contributed by atoms with Crippen molar-refractivity contribution in [3.63, 3.8) is 0 Å². The van der Waals surface area contributed by atoms with Crippen LogP contribution in [0.5, 0.6) is 0 Å². The summed E-state index contributed by atoms with van der Waals surface area (Å²) in [5.41, 5.74) is 0.882. The quantitative estimate of drug-likeness (QED) is 0.317. The number of hydrogen-bond donors (Lipinski definition) is 0. The van der Waals surface area contributed by atoms with Crippen LogP contribution in [-0.4, -0.2) is 29.2 Å². The van der Waals surface area contributed by atoms with Crippen molar-refractivity contribution in [1.82, 2.24) is 14.5 Å². The highest BCUT2D eigenvalue weighted by Crippen LogP contribution is 2.23. The number of hydrogen-bond acceptors (Lipinski definition) is 3. The first kappa shape index (κ1) is 17.4. The van der Waals surface area contributed by atoms with Crippen molar-refractivity contribution in [2.45, 2.75) is 32.4 Å². The van der Waals surface area contributed by atoms with Crippen molar-refractivity contribution in [2.75, 3.05) is 6.61 Å². The third kappa shape index (κ3) is 5.00. The summed E-state index contributed by atoms with van der Waals surface area (Å²) in [5, 5.41) is 0. The lowest BCUT2D eigenvalue weighted by molar-refractivity contribution is 0.0866. The van der Waals surface area contributed by atoms with Gasteiger partial charge in [0.2, 0.25) is 0 Å². The van der Waals surface area contributed by atoms with E-state index < -0.39 is 8.07 Å². The van der Waals surface area contributed by atoms with Crippen molar-refractivity contribution >= 4 is 53.3 Å². The Kier molecular flexibility index (Phi) is 6.21. The van der Waals surface area contributed by atoms with Gasteiger partial charge in [-0.05, 0) is 63.4 Å². The zero-order valence-corrected chi connectivity index (χ0v) is 17.8. The summed E-state index contributed by atoms with van der Waals surface area (Å²) in [7, 11) is -1.05.